The van der Waals surface area contributed by atoms with E-state index < -0.39 is 0 Å². The van der Waals surface area contributed by atoms with Gasteiger partial charge >= 0.3 is 0 Å². The minimum Gasteiger partial charge on any atom is -0.380 e. The van der Waals surface area contributed by atoms with E-state index >= 15 is 0 Å². The van der Waals surface area contributed by atoms with E-state index in [2.05, 4.69) is 24.1 Å². The van der Waals surface area contributed by atoms with Crippen molar-refractivity contribution in [1.82, 2.24) is 10.2 Å². The van der Waals surface area contributed by atoms with Crippen LogP contribution in [0.4, 0.5) is 0 Å². The zero-order valence-electron chi connectivity index (χ0n) is 12.0. The van der Waals surface area contributed by atoms with E-state index in [4.69, 9.17) is 4.74 Å². The van der Waals surface area contributed by atoms with Gasteiger partial charge in [0.15, 0.2) is 0 Å². The number of ether oxygens (including phenoxy) is 1. The third-order valence-corrected chi connectivity index (χ3v) is 5.55. The summed E-state index contributed by atoms with van der Waals surface area (Å²) >= 11 is 0. The van der Waals surface area contributed by atoms with E-state index in [0.29, 0.717) is 11.6 Å². The Balaban J connectivity index is 1.76. The van der Waals surface area contributed by atoms with Crippen molar-refractivity contribution in [3.05, 3.63) is 0 Å². The first-order valence-corrected chi connectivity index (χ1v) is 7.87. The second-order valence-electron chi connectivity index (χ2n) is 6.43. The molecule has 0 aromatic rings. The number of hydrogen-bond acceptors (Lipinski definition) is 3. The monoisotopic (exact) mass is 252 g/mol. The summed E-state index contributed by atoms with van der Waals surface area (Å²) < 4.78 is 5.64. The first-order chi connectivity index (χ1) is 8.79. The van der Waals surface area contributed by atoms with E-state index in [1.807, 2.05) is 0 Å². The zero-order chi connectivity index (χ0) is 12.6. The molecule has 3 aliphatic rings. The lowest BCUT2D eigenvalue weighted by Crippen LogP contribution is -2.67. The van der Waals surface area contributed by atoms with Gasteiger partial charge in [0.2, 0.25) is 0 Å². The number of rotatable bonds is 4. The Morgan fingerprint density at radius 3 is 2.56 bits per heavy atom. The molecule has 2 heterocycles. The second kappa shape index (κ2) is 5.10. The first kappa shape index (κ1) is 12.9. The van der Waals surface area contributed by atoms with Gasteiger partial charge in [0.1, 0.15) is 0 Å². The molecule has 0 radical (unpaired) electrons. The van der Waals surface area contributed by atoms with E-state index in [9.17, 15) is 0 Å². The minimum absolute atomic E-state index is 0.379. The minimum atomic E-state index is 0.379. The van der Waals surface area contributed by atoms with Gasteiger partial charge in [-0.25, -0.2) is 0 Å². The van der Waals surface area contributed by atoms with Crippen LogP contribution in [0.15, 0.2) is 0 Å². The predicted octanol–water partition coefficient (Wildman–Crippen LogP) is 2.02. The Labute approximate surface area is 111 Å². The smallest absolute Gasteiger partial charge is 0.0622 e. The molecule has 104 valence electrons. The summed E-state index contributed by atoms with van der Waals surface area (Å²) in [5.41, 5.74) is 0.379. The molecule has 18 heavy (non-hydrogen) atoms. The Kier molecular flexibility index (Phi) is 3.65. The Morgan fingerprint density at radius 2 is 2.00 bits per heavy atom. The highest BCUT2D eigenvalue weighted by Gasteiger charge is 2.46. The maximum absolute atomic E-state index is 5.64. The van der Waals surface area contributed by atoms with E-state index in [1.165, 1.54) is 45.2 Å². The highest BCUT2D eigenvalue weighted by molar-refractivity contribution is 5.03. The van der Waals surface area contributed by atoms with Crippen molar-refractivity contribution in [2.45, 2.75) is 63.6 Å². The van der Waals surface area contributed by atoms with Crippen molar-refractivity contribution in [2.75, 3.05) is 26.3 Å². The van der Waals surface area contributed by atoms with Gasteiger partial charge in [-0.1, -0.05) is 13.8 Å². The molecule has 1 aliphatic carbocycles. The fourth-order valence-electron chi connectivity index (χ4n) is 3.92. The van der Waals surface area contributed by atoms with Crippen LogP contribution >= 0.6 is 0 Å². The van der Waals surface area contributed by atoms with Crippen molar-refractivity contribution in [3.8, 4) is 0 Å². The number of nitrogens with one attached hydrogen (secondary N) is 1. The molecule has 0 aromatic carbocycles. The average molecular weight is 252 g/mol. The third-order valence-electron chi connectivity index (χ3n) is 5.55. The molecule has 3 fully saturated rings. The first-order valence-electron chi connectivity index (χ1n) is 7.87. The standard InChI is InChI=1S/C15H28N2O/c1-3-15(4-2)11-16-14(12-5-6-12)9-17(15)13-7-8-18-10-13/h12-14,16H,3-11H2,1-2H3. The predicted molar refractivity (Wildman–Crippen MR) is 73.8 cm³/mol. The van der Waals surface area contributed by atoms with Gasteiger partial charge in [-0.3, -0.25) is 4.90 Å². The zero-order valence-corrected chi connectivity index (χ0v) is 12.0. The molecule has 3 rings (SSSR count). The Bertz CT molecular complexity index is 280. The molecule has 2 aliphatic heterocycles. The van der Waals surface area contributed by atoms with Crippen molar-refractivity contribution >= 4 is 0 Å². The van der Waals surface area contributed by atoms with Crippen LogP contribution in [0.1, 0.15) is 46.0 Å². The van der Waals surface area contributed by atoms with Crippen molar-refractivity contribution in [2.24, 2.45) is 5.92 Å². The van der Waals surface area contributed by atoms with Gasteiger partial charge < -0.3 is 10.1 Å². The van der Waals surface area contributed by atoms with Gasteiger partial charge in [0, 0.05) is 37.3 Å². The molecule has 3 heteroatoms. The molecule has 3 nitrogen and oxygen atoms in total. The van der Waals surface area contributed by atoms with Gasteiger partial charge in [-0.05, 0) is 38.0 Å². The number of nitrogens with zero attached hydrogens (tertiary/aromatic N) is 1. The molecular formula is C15H28N2O. The van der Waals surface area contributed by atoms with Crippen LogP contribution in [0.3, 0.4) is 0 Å². The summed E-state index contributed by atoms with van der Waals surface area (Å²) in [6.07, 6.45) is 6.63. The third kappa shape index (κ3) is 2.21. The molecule has 2 atom stereocenters. The van der Waals surface area contributed by atoms with Gasteiger partial charge in [0.25, 0.3) is 0 Å². The van der Waals surface area contributed by atoms with E-state index in [1.54, 1.807) is 0 Å². The maximum Gasteiger partial charge on any atom is 0.0622 e. The highest BCUT2D eigenvalue weighted by Crippen LogP contribution is 2.38. The summed E-state index contributed by atoms with van der Waals surface area (Å²) in [4.78, 5) is 2.82. The van der Waals surface area contributed by atoms with Gasteiger partial charge in [-0.2, -0.15) is 0 Å². The second-order valence-corrected chi connectivity index (χ2v) is 6.43. The largest absolute Gasteiger partial charge is 0.380 e. The summed E-state index contributed by atoms with van der Waals surface area (Å²) in [6, 6.07) is 1.42. The molecule has 2 saturated heterocycles. The van der Waals surface area contributed by atoms with Crippen LogP contribution in [0.25, 0.3) is 0 Å². The van der Waals surface area contributed by atoms with Crippen LogP contribution in [-0.2, 0) is 4.74 Å². The molecule has 2 unspecified atom stereocenters. The van der Waals surface area contributed by atoms with Crippen molar-refractivity contribution in [1.29, 1.82) is 0 Å². The number of piperazine rings is 1. The Hall–Kier alpha value is -0.120. The van der Waals surface area contributed by atoms with Gasteiger partial charge in [0.05, 0.1) is 6.61 Å². The molecule has 0 amide bonds. The van der Waals surface area contributed by atoms with Crippen LogP contribution in [0.5, 0.6) is 0 Å². The summed E-state index contributed by atoms with van der Waals surface area (Å²) in [7, 11) is 0. The highest BCUT2D eigenvalue weighted by atomic mass is 16.5. The van der Waals surface area contributed by atoms with Crippen LogP contribution in [-0.4, -0.2) is 48.8 Å². The molecule has 0 aromatic heterocycles. The summed E-state index contributed by atoms with van der Waals surface area (Å²) in [5, 5.41) is 3.84. The van der Waals surface area contributed by atoms with Crippen molar-refractivity contribution in [3.63, 3.8) is 0 Å². The quantitative estimate of drug-likeness (QED) is 0.828. The fraction of sp³-hybridized carbons (Fsp3) is 1.00. The van der Waals surface area contributed by atoms with E-state index in [-0.39, 0.29) is 0 Å². The molecule has 0 spiro atoms. The molecular weight excluding hydrogens is 224 g/mol. The lowest BCUT2D eigenvalue weighted by molar-refractivity contribution is -0.0112. The topological polar surface area (TPSA) is 24.5 Å². The molecule has 1 N–H and O–H groups in total. The van der Waals surface area contributed by atoms with Crippen molar-refractivity contribution < 1.29 is 4.74 Å². The normalized spacial score (nSPS) is 37.0. The SMILES string of the molecule is CCC1(CC)CNC(C2CC2)CN1C1CCOC1. The van der Waals surface area contributed by atoms with Crippen LogP contribution in [0.2, 0.25) is 0 Å². The van der Waals surface area contributed by atoms with Crippen LogP contribution in [0, 0.1) is 5.92 Å². The van der Waals surface area contributed by atoms with E-state index in [0.717, 1.165) is 25.2 Å². The average Bonchev–Trinajstić information content (AvgIpc) is 3.13. The Morgan fingerprint density at radius 1 is 1.22 bits per heavy atom. The molecule has 1 saturated carbocycles. The van der Waals surface area contributed by atoms with Crippen LogP contribution < -0.4 is 5.32 Å². The maximum atomic E-state index is 5.64. The lowest BCUT2D eigenvalue weighted by Gasteiger charge is -2.52. The molecule has 0 bridgehead atoms. The summed E-state index contributed by atoms with van der Waals surface area (Å²) in [6.45, 7) is 9.06. The van der Waals surface area contributed by atoms with Gasteiger partial charge in [-0.15, -0.1) is 0 Å². The number of hydrogen-bond donors (Lipinski definition) is 1. The summed E-state index contributed by atoms with van der Waals surface area (Å²) in [5.74, 6) is 0.960. The fourth-order valence-corrected chi connectivity index (χ4v) is 3.92. The lowest BCUT2D eigenvalue weighted by atomic mass is 9.85.